The molecule has 1 aromatic carbocycles. The molecule has 0 radical (unpaired) electrons. The Kier molecular flexibility index (Phi) is 3.79. The van der Waals surface area contributed by atoms with Crippen molar-refractivity contribution in [3.8, 4) is 0 Å². The maximum absolute atomic E-state index is 12.5. The first-order valence-electron chi connectivity index (χ1n) is 4.31. The second-order valence-electron chi connectivity index (χ2n) is 3.00. The molecule has 15 heavy (non-hydrogen) atoms. The Bertz CT molecular complexity index is 361. The molecule has 2 N–H and O–H groups in total. The lowest BCUT2D eigenvalue weighted by molar-refractivity contribution is -0.117. The normalized spacial score (nSPS) is 9.67. The van der Waals surface area contributed by atoms with Gasteiger partial charge in [-0.15, -0.1) is 0 Å². The fraction of sp³-hybridized carbons (Fsp3) is 0.200. The third-order valence-corrected chi connectivity index (χ3v) is 1.75. The van der Waals surface area contributed by atoms with Crippen LogP contribution in [0.1, 0.15) is 5.56 Å². The molecule has 0 bridgehead atoms. The molecule has 0 aromatic heterocycles. The molecular formula is C10H10FNO3. The van der Waals surface area contributed by atoms with E-state index in [-0.39, 0.29) is 24.6 Å². The molecule has 0 spiro atoms. The van der Waals surface area contributed by atoms with Crippen LogP contribution in [0.25, 0.3) is 0 Å². The number of rotatable bonds is 4. The average Bonchev–Trinajstić information content (AvgIpc) is 2.19. The first kappa shape index (κ1) is 11.2. The van der Waals surface area contributed by atoms with Gasteiger partial charge in [-0.25, -0.2) is 9.18 Å². The van der Waals surface area contributed by atoms with Crippen LogP contribution in [0.15, 0.2) is 24.3 Å². The van der Waals surface area contributed by atoms with Gasteiger partial charge in [-0.1, -0.05) is 12.1 Å². The highest BCUT2D eigenvalue weighted by molar-refractivity contribution is 5.85. The Morgan fingerprint density at radius 2 is 1.87 bits per heavy atom. The van der Waals surface area contributed by atoms with E-state index in [9.17, 15) is 14.0 Å². The summed E-state index contributed by atoms with van der Waals surface area (Å²) in [7, 11) is 0. The van der Waals surface area contributed by atoms with Crippen molar-refractivity contribution in [2.45, 2.75) is 6.42 Å². The summed E-state index contributed by atoms with van der Waals surface area (Å²) in [5, 5.41) is 10.2. The maximum atomic E-state index is 12.5. The van der Waals surface area contributed by atoms with Gasteiger partial charge in [0.25, 0.3) is 0 Å². The van der Waals surface area contributed by atoms with Gasteiger partial charge in [-0.05, 0) is 17.7 Å². The molecule has 1 rings (SSSR count). The van der Waals surface area contributed by atoms with E-state index in [0.717, 1.165) is 0 Å². The third-order valence-electron chi connectivity index (χ3n) is 1.75. The summed E-state index contributed by atoms with van der Waals surface area (Å²) in [5.74, 6) is -0.626. The highest BCUT2D eigenvalue weighted by Crippen LogP contribution is 2.03. The molecule has 5 heteroatoms. The van der Waals surface area contributed by atoms with E-state index in [2.05, 4.69) is 0 Å². The van der Waals surface area contributed by atoms with Gasteiger partial charge in [-0.2, -0.15) is 0 Å². The number of nitrogens with one attached hydrogen (secondary N) is 1. The molecule has 0 unspecified atom stereocenters. The zero-order chi connectivity index (χ0) is 11.3. The van der Waals surface area contributed by atoms with Crippen LogP contribution in [0.4, 0.5) is 9.18 Å². The van der Waals surface area contributed by atoms with Crippen LogP contribution in [0.3, 0.4) is 0 Å². The van der Waals surface area contributed by atoms with E-state index in [4.69, 9.17) is 5.11 Å². The van der Waals surface area contributed by atoms with Crippen molar-refractivity contribution in [2.24, 2.45) is 0 Å². The van der Waals surface area contributed by atoms with E-state index in [1.165, 1.54) is 24.3 Å². The first-order chi connectivity index (χ1) is 7.08. The molecule has 1 amide bonds. The van der Waals surface area contributed by atoms with Gasteiger partial charge in [-0.3, -0.25) is 4.79 Å². The summed E-state index contributed by atoms with van der Waals surface area (Å²) in [6.45, 7) is -0.229. The first-order valence-corrected chi connectivity index (χ1v) is 4.31. The molecule has 0 aliphatic heterocycles. The van der Waals surface area contributed by atoms with Gasteiger partial charge in [0.1, 0.15) is 5.82 Å². The van der Waals surface area contributed by atoms with Crippen molar-refractivity contribution in [2.75, 3.05) is 6.54 Å². The number of carbonyl (C=O) groups is 2. The Hall–Kier alpha value is -1.91. The van der Waals surface area contributed by atoms with E-state index in [1.54, 1.807) is 0 Å². The molecule has 4 nitrogen and oxygen atoms in total. The van der Waals surface area contributed by atoms with E-state index in [1.807, 2.05) is 5.32 Å². The maximum Gasteiger partial charge on any atom is 0.405 e. The summed E-state index contributed by atoms with van der Waals surface area (Å²) < 4.78 is 12.5. The Balaban J connectivity index is 2.44. The number of halogens is 1. The molecule has 0 heterocycles. The third kappa shape index (κ3) is 4.21. The second kappa shape index (κ2) is 5.09. The predicted molar refractivity (Wildman–Crippen MR) is 51.1 cm³/mol. The van der Waals surface area contributed by atoms with Crippen molar-refractivity contribution in [3.05, 3.63) is 35.6 Å². The Morgan fingerprint density at radius 3 is 2.40 bits per heavy atom. The van der Waals surface area contributed by atoms with Crippen molar-refractivity contribution >= 4 is 11.9 Å². The molecule has 0 fully saturated rings. The van der Waals surface area contributed by atoms with Gasteiger partial charge in [0.05, 0.1) is 6.54 Å². The van der Waals surface area contributed by atoms with E-state index >= 15 is 0 Å². The Labute approximate surface area is 85.7 Å². The molecule has 0 aliphatic carbocycles. The van der Waals surface area contributed by atoms with Gasteiger partial charge < -0.3 is 10.4 Å². The molecule has 0 atom stereocenters. The largest absolute Gasteiger partial charge is 0.465 e. The van der Waals surface area contributed by atoms with Gasteiger partial charge in [0.15, 0.2) is 5.78 Å². The van der Waals surface area contributed by atoms with Crippen molar-refractivity contribution < 1.29 is 19.1 Å². The summed E-state index contributed by atoms with van der Waals surface area (Å²) in [6.07, 6.45) is -1.14. The summed E-state index contributed by atoms with van der Waals surface area (Å²) in [6, 6.07) is 5.50. The zero-order valence-corrected chi connectivity index (χ0v) is 7.87. The van der Waals surface area contributed by atoms with Crippen LogP contribution in [-0.4, -0.2) is 23.5 Å². The quantitative estimate of drug-likeness (QED) is 0.786. The highest BCUT2D eigenvalue weighted by Gasteiger charge is 2.05. The number of hydrogen-bond acceptors (Lipinski definition) is 2. The topological polar surface area (TPSA) is 66.4 Å². The number of Topliss-reactive ketones (excluding diaryl/α,β-unsaturated/α-hetero) is 1. The molecule has 0 saturated carbocycles. The second-order valence-corrected chi connectivity index (χ2v) is 3.00. The monoisotopic (exact) mass is 211 g/mol. The van der Waals surface area contributed by atoms with Crippen molar-refractivity contribution in [3.63, 3.8) is 0 Å². The minimum Gasteiger partial charge on any atom is -0.465 e. The number of ketones is 1. The zero-order valence-electron chi connectivity index (χ0n) is 7.87. The van der Waals surface area contributed by atoms with Crippen molar-refractivity contribution in [1.29, 1.82) is 0 Å². The minimum absolute atomic E-state index is 0.0978. The highest BCUT2D eigenvalue weighted by atomic mass is 19.1. The van der Waals surface area contributed by atoms with Gasteiger partial charge >= 0.3 is 6.09 Å². The predicted octanol–water partition coefficient (Wildman–Crippen LogP) is 1.20. The van der Waals surface area contributed by atoms with Crippen LogP contribution in [0.5, 0.6) is 0 Å². The van der Waals surface area contributed by atoms with Crippen LogP contribution < -0.4 is 5.32 Å². The molecule has 0 saturated heterocycles. The number of amides is 1. The van der Waals surface area contributed by atoms with Gasteiger partial charge in [0, 0.05) is 6.42 Å². The standard InChI is InChI=1S/C10H10FNO3/c11-8-3-1-7(2-4-8)5-9(13)6-12-10(14)15/h1-4,12H,5-6H2,(H,14,15). The van der Waals surface area contributed by atoms with Crippen LogP contribution in [0, 0.1) is 5.82 Å². The van der Waals surface area contributed by atoms with E-state index < -0.39 is 6.09 Å². The number of benzene rings is 1. The van der Waals surface area contributed by atoms with Gasteiger partial charge in [0.2, 0.25) is 0 Å². The SMILES string of the molecule is O=C(CNC(=O)O)Cc1ccc(F)cc1. The lowest BCUT2D eigenvalue weighted by Gasteiger charge is -2.01. The summed E-state index contributed by atoms with van der Waals surface area (Å²) in [5.41, 5.74) is 0.661. The van der Waals surface area contributed by atoms with Crippen LogP contribution >= 0.6 is 0 Å². The summed E-state index contributed by atoms with van der Waals surface area (Å²) >= 11 is 0. The lowest BCUT2D eigenvalue weighted by Crippen LogP contribution is -2.28. The number of carboxylic acid groups (broad SMARTS) is 1. The molecule has 80 valence electrons. The van der Waals surface area contributed by atoms with Crippen LogP contribution in [-0.2, 0) is 11.2 Å². The van der Waals surface area contributed by atoms with Crippen LogP contribution in [0.2, 0.25) is 0 Å². The molecular weight excluding hydrogens is 201 g/mol. The molecule has 0 aliphatic rings. The van der Waals surface area contributed by atoms with E-state index in [0.29, 0.717) is 5.56 Å². The smallest absolute Gasteiger partial charge is 0.405 e. The van der Waals surface area contributed by atoms with Crippen molar-refractivity contribution in [1.82, 2.24) is 5.32 Å². The summed E-state index contributed by atoms with van der Waals surface area (Å²) in [4.78, 5) is 21.3. The minimum atomic E-state index is -1.23. The number of carbonyl (C=O) groups excluding carboxylic acids is 1. The number of hydrogen-bond donors (Lipinski definition) is 2. The fourth-order valence-electron chi connectivity index (χ4n) is 1.07. The fourth-order valence-corrected chi connectivity index (χ4v) is 1.07. The lowest BCUT2D eigenvalue weighted by atomic mass is 10.1. The average molecular weight is 211 g/mol. The Morgan fingerprint density at radius 1 is 1.27 bits per heavy atom. The molecule has 1 aromatic rings.